The van der Waals surface area contributed by atoms with Crippen LogP contribution >= 0.6 is 12.4 Å². The van der Waals surface area contributed by atoms with Crippen LogP contribution in [0.4, 0.5) is 0 Å². The van der Waals surface area contributed by atoms with Crippen LogP contribution in [-0.4, -0.2) is 10.8 Å². The maximum atomic E-state index is 7.30. The van der Waals surface area contributed by atoms with Crippen molar-refractivity contribution in [2.75, 3.05) is 0 Å². The summed E-state index contributed by atoms with van der Waals surface area (Å²) in [5.41, 5.74) is 8.61. The van der Waals surface area contributed by atoms with E-state index < -0.39 is 0 Å². The Morgan fingerprint density at radius 3 is 2.07 bits per heavy atom. The molecule has 0 aliphatic carbocycles. The van der Waals surface area contributed by atoms with Gasteiger partial charge in [0.15, 0.2) is 0 Å². The van der Waals surface area contributed by atoms with Gasteiger partial charge in [-0.2, -0.15) is 0 Å². The Labute approximate surface area is 176 Å². The fourth-order valence-electron chi connectivity index (χ4n) is 3.35. The largest absolute Gasteiger partial charge is 0.448 e. The number of hydrogen-bond donors (Lipinski definition) is 2. The molecule has 0 spiro atoms. The van der Waals surface area contributed by atoms with Crippen LogP contribution in [0.25, 0.3) is 11.3 Å². The lowest BCUT2D eigenvalue weighted by Gasteiger charge is -2.04. The second-order valence-electron chi connectivity index (χ2n) is 7.46. The van der Waals surface area contributed by atoms with Crippen molar-refractivity contribution in [3.63, 3.8) is 0 Å². The molecule has 0 fully saturated rings. The van der Waals surface area contributed by atoms with Crippen molar-refractivity contribution in [2.45, 2.75) is 84.0 Å². The van der Waals surface area contributed by atoms with E-state index in [9.17, 15) is 0 Å². The average Bonchev–Trinajstić information content (AvgIpc) is 3.11. The predicted molar refractivity (Wildman–Crippen MR) is 120 cm³/mol. The van der Waals surface area contributed by atoms with E-state index in [1.165, 1.54) is 69.8 Å². The molecule has 0 bridgehead atoms. The molecule has 28 heavy (non-hydrogen) atoms. The highest BCUT2D eigenvalue weighted by atomic mass is 35.5. The van der Waals surface area contributed by atoms with Crippen LogP contribution < -0.4 is 5.73 Å². The van der Waals surface area contributed by atoms with Crippen molar-refractivity contribution in [1.29, 1.82) is 5.41 Å². The number of halogens is 1. The van der Waals surface area contributed by atoms with Gasteiger partial charge >= 0.3 is 0 Å². The first-order chi connectivity index (χ1) is 13.2. The molecule has 0 saturated heterocycles. The summed E-state index contributed by atoms with van der Waals surface area (Å²) in [7, 11) is 0. The third-order valence-electron chi connectivity index (χ3n) is 4.96. The quantitative estimate of drug-likeness (QED) is 0.208. The third-order valence-corrected chi connectivity index (χ3v) is 4.96. The van der Waals surface area contributed by atoms with E-state index in [1.807, 2.05) is 0 Å². The molecule has 4 nitrogen and oxygen atoms in total. The lowest BCUT2D eigenvalue weighted by molar-refractivity contribution is 0.512. The topological polar surface area (TPSA) is 75.9 Å². The Morgan fingerprint density at radius 2 is 1.50 bits per heavy atom. The smallest absolute Gasteiger partial charge is 0.202 e. The molecule has 0 unspecified atom stereocenters. The minimum absolute atomic E-state index is 0. The third kappa shape index (κ3) is 9.41. The molecule has 0 radical (unpaired) electrons. The van der Waals surface area contributed by atoms with E-state index in [0.717, 1.165) is 17.7 Å². The Balaban J connectivity index is 0.00000392. The van der Waals surface area contributed by atoms with E-state index in [4.69, 9.17) is 15.6 Å². The first-order valence-corrected chi connectivity index (χ1v) is 10.6. The fourth-order valence-corrected chi connectivity index (χ4v) is 3.35. The zero-order valence-electron chi connectivity index (χ0n) is 17.2. The lowest BCUT2D eigenvalue weighted by Crippen LogP contribution is -2.12. The van der Waals surface area contributed by atoms with E-state index >= 15 is 0 Å². The van der Waals surface area contributed by atoms with Gasteiger partial charge in [-0.1, -0.05) is 89.0 Å². The van der Waals surface area contributed by atoms with Gasteiger partial charge < -0.3 is 10.2 Å². The molecule has 0 aliphatic rings. The first-order valence-electron chi connectivity index (χ1n) is 10.6. The molecule has 2 aromatic rings. The highest BCUT2D eigenvalue weighted by Crippen LogP contribution is 2.20. The van der Waals surface area contributed by atoms with Crippen LogP contribution in [0.3, 0.4) is 0 Å². The van der Waals surface area contributed by atoms with Crippen molar-refractivity contribution in [3.8, 4) is 11.3 Å². The normalized spacial score (nSPS) is 10.6. The van der Waals surface area contributed by atoms with Crippen molar-refractivity contribution < 1.29 is 4.42 Å². The van der Waals surface area contributed by atoms with Gasteiger partial charge in [-0.05, 0) is 18.4 Å². The summed E-state index contributed by atoms with van der Waals surface area (Å²) in [6.07, 6.45) is 16.8. The number of benzene rings is 1. The molecule has 0 amide bonds. The number of hydrogen-bond acceptors (Lipinski definition) is 3. The number of rotatable bonds is 14. The van der Waals surface area contributed by atoms with Gasteiger partial charge in [-0.25, -0.2) is 4.98 Å². The highest BCUT2D eigenvalue weighted by molar-refractivity contribution is 5.85. The number of aromatic nitrogens is 1. The minimum Gasteiger partial charge on any atom is -0.448 e. The number of nitrogens with two attached hydrogens (primary N) is 1. The number of nitrogens with one attached hydrogen (secondary N) is 1. The van der Waals surface area contributed by atoms with Gasteiger partial charge in [0, 0.05) is 5.56 Å². The van der Waals surface area contributed by atoms with Crippen LogP contribution in [0, 0.1) is 5.41 Å². The number of aryl methyl sites for hydroxylation is 1. The zero-order valence-corrected chi connectivity index (χ0v) is 18.0. The van der Waals surface area contributed by atoms with Crippen molar-refractivity contribution in [3.05, 3.63) is 42.0 Å². The molecular weight excluding hydrogens is 370 g/mol. The Morgan fingerprint density at radius 1 is 0.929 bits per heavy atom. The summed E-state index contributed by atoms with van der Waals surface area (Å²) in [6.45, 7) is 2.27. The van der Waals surface area contributed by atoms with Gasteiger partial charge in [-0.15, -0.1) is 12.4 Å². The molecule has 1 aromatic carbocycles. The van der Waals surface area contributed by atoms with Crippen molar-refractivity contribution in [1.82, 2.24) is 4.98 Å². The molecule has 156 valence electrons. The summed E-state index contributed by atoms with van der Waals surface area (Å²) in [4.78, 5) is 4.39. The molecule has 1 aromatic heterocycles. The minimum atomic E-state index is 0. The standard InChI is InChI=1S/C23H35N3O.ClH/c1-2-3-4-5-6-7-8-9-10-11-12-19-13-15-20(16-14-19)21-18-27-23(26-21)17-22(24)25;/h13-16,18H,2-12,17H2,1H3,(H3,24,25);1H. The molecule has 5 heteroatoms. The van der Waals surface area contributed by atoms with Crippen LogP contribution in [0.5, 0.6) is 0 Å². The van der Waals surface area contributed by atoms with Crippen LogP contribution in [0.15, 0.2) is 34.9 Å². The van der Waals surface area contributed by atoms with E-state index in [-0.39, 0.29) is 24.7 Å². The van der Waals surface area contributed by atoms with Crippen LogP contribution in [-0.2, 0) is 12.8 Å². The van der Waals surface area contributed by atoms with Crippen LogP contribution in [0.2, 0.25) is 0 Å². The van der Waals surface area contributed by atoms with Gasteiger partial charge in [0.2, 0.25) is 5.89 Å². The first kappa shape index (κ1) is 24.2. The van der Waals surface area contributed by atoms with E-state index in [0.29, 0.717) is 5.89 Å². The maximum Gasteiger partial charge on any atom is 0.202 e. The predicted octanol–water partition coefficient (Wildman–Crippen LogP) is 6.71. The fraction of sp³-hybridized carbons (Fsp3) is 0.565. The van der Waals surface area contributed by atoms with E-state index in [1.54, 1.807) is 6.26 Å². The number of unbranched alkanes of at least 4 members (excludes halogenated alkanes) is 9. The summed E-state index contributed by atoms with van der Waals surface area (Å²) in [5.74, 6) is 0.558. The number of nitrogens with zero attached hydrogens (tertiary/aromatic N) is 1. The molecule has 1 heterocycles. The maximum absolute atomic E-state index is 7.30. The molecule has 3 N–H and O–H groups in total. The van der Waals surface area contributed by atoms with Crippen LogP contribution in [0.1, 0.15) is 82.6 Å². The van der Waals surface area contributed by atoms with Crippen molar-refractivity contribution >= 4 is 18.2 Å². The van der Waals surface area contributed by atoms with Crippen molar-refractivity contribution in [2.24, 2.45) is 5.73 Å². The van der Waals surface area contributed by atoms with Gasteiger partial charge in [0.05, 0.1) is 12.3 Å². The van der Waals surface area contributed by atoms with Gasteiger partial charge in [0.25, 0.3) is 0 Å². The average molecular weight is 406 g/mol. The summed E-state index contributed by atoms with van der Waals surface area (Å²) >= 11 is 0. The summed E-state index contributed by atoms with van der Waals surface area (Å²) < 4.78 is 5.37. The van der Waals surface area contributed by atoms with E-state index in [2.05, 4.69) is 36.2 Å². The monoisotopic (exact) mass is 405 g/mol. The Hall–Kier alpha value is -1.81. The molecule has 0 saturated carbocycles. The Kier molecular flexibility index (Phi) is 12.3. The summed E-state index contributed by atoms with van der Waals surface area (Å²) in [5, 5.41) is 7.30. The zero-order chi connectivity index (χ0) is 19.3. The SMILES string of the molecule is CCCCCCCCCCCCc1ccc(-c2coc(CC(=N)N)n2)cc1.Cl. The van der Waals surface area contributed by atoms with Gasteiger partial charge in [0.1, 0.15) is 12.0 Å². The lowest BCUT2D eigenvalue weighted by atomic mass is 10.0. The second-order valence-corrected chi connectivity index (χ2v) is 7.46. The molecule has 0 atom stereocenters. The van der Waals surface area contributed by atoms with Gasteiger partial charge in [-0.3, -0.25) is 5.41 Å². The molecule has 0 aliphatic heterocycles. The number of oxazole rings is 1. The Bertz CT molecular complexity index is 667. The second kappa shape index (κ2) is 14.2. The summed E-state index contributed by atoms with van der Waals surface area (Å²) in [6, 6.07) is 8.56. The molecular formula is C23H36ClN3O. The number of amidine groups is 1. The highest BCUT2D eigenvalue weighted by Gasteiger charge is 2.07. The molecule has 2 rings (SSSR count).